The molecule has 8 rings (SSSR count). The van der Waals surface area contributed by atoms with Gasteiger partial charge in [-0.2, -0.15) is 9.57 Å². The van der Waals surface area contributed by atoms with Crippen LogP contribution < -0.4 is 0 Å². The summed E-state index contributed by atoms with van der Waals surface area (Å²) < 4.78 is 32.8. The fourth-order valence-electron chi connectivity index (χ4n) is 7.84. The third-order valence-corrected chi connectivity index (χ3v) is 12.2. The van der Waals surface area contributed by atoms with Crippen LogP contribution in [0.25, 0.3) is 11.6 Å². The number of aromatic nitrogens is 2. The van der Waals surface area contributed by atoms with E-state index in [1.807, 2.05) is 79.1 Å². The number of nitriles is 1. The fraction of sp³-hybridized carbons (Fsp3) is 0.106. The average Bonchev–Trinajstić information content (AvgIpc) is 3.63. The van der Waals surface area contributed by atoms with Crippen LogP contribution in [0.3, 0.4) is 0 Å². The highest BCUT2D eigenvalue weighted by atomic mass is 32.2. The van der Waals surface area contributed by atoms with Gasteiger partial charge in [0, 0.05) is 18.8 Å². The quantitative estimate of drug-likeness (QED) is 0.139. The molecule has 0 radical (unpaired) electrons. The molecule has 1 aromatic heterocycles. The summed E-state index contributed by atoms with van der Waals surface area (Å²) in [7, 11) is -3.92. The summed E-state index contributed by atoms with van der Waals surface area (Å²) in [6, 6.07) is 57.5. The van der Waals surface area contributed by atoms with Crippen molar-refractivity contribution in [1.29, 1.82) is 5.26 Å². The van der Waals surface area contributed by atoms with Gasteiger partial charge in [-0.3, -0.25) is 0 Å². The summed E-state index contributed by atoms with van der Waals surface area (Å²) in [5.41, 5.74) is 7.45. The van der Waals surface area contributed by atoms with E-state index in [2.05, 4.69) is 95.7 Å². The maximum absolute atomic E-state index is 14.5. The highest BCUT2D eigenvalue weighted by molar-refractivity contribution is 7.89. The van der Waals surface area contributed by atoms with Crippen LogP contribution in [0.5, 0.6) is 0 Å². The van der Waals surface area contributed by atoms with E-state index in [1.54, 1.807) is 28.6 Å². The van der Waals surface area contributed by atoms with Crippen molar-refractivity contribution in [3.8, 4) is 6.07 Å². The molecule has 1 aliphatic heterocycles. The Kier molecular flexibility index (Phi) is 9.62. The lowest BCUT2D eigenvalue weighted by atomic mass is 9.77. The van der Waals surface area contributed by atoms with Gasteiger partial charge >= 0.3 is 0 Å². The van der Waals surface area contributed by atoms with Crippen LogP contribution in [0.1, 0.15) is 51.1 Å². The predicted molar refractivity (Wildman–Crippen MR) is 214 cm³/mol. The predicted octanol–water partition coefficient (Wildman–Crippen LogP) is 9.34. The Balaban J connectivity index is 1.30. The van der Waals surface area contributed by atoms with Crippen molar-refractivity contribution >= 4 is 21.7 Å². The minimum atomic E-state index is -3.92. The Bertz CT molecular complexity index is 2450. The number of sulfonamides is 1. The molecule has 0 saturated carbocycles. The van der Waals surface area contributed by atoms with Gasteiger partial charge in [-0.1, -0.05) is 146 Å². The number of hydrogen-bond acceptors (Lipinski definition) is 4. The van der Waals surface area contributed by atoms with Crippen molar-refractivity contribution in [2.75, 3.05) is 0 Å². The SMILES string of the molecule is N#Cc1ccc2c(c1)CN(S(=O)(=O)c1ccccc1)C(Cc1ccccc1)CC2=Cc1cn(C(c2ccccc2)(c2ccccc2)c2ccccc2)cn1. The van der Waals surface area contributed by atoms with Crippen molar-refractivity contribution in [2.24, 2.45) is 0 Å². The zero-order valence-electron chi connectivity index (χ0n) is 29.6. The molecule has 1 unspecified atom stereocenters. The molecule has 0 bridgehead atoms. The first kappa shape index (κ1) is 34.7. The molecule has 264 valence electrons. The Morgan fingerprint density at radius 1 is 0.722 bits per heavy atom. The van der Waals surface area contributed by atoms with E-state index in [4.69, 9.17) is 4.98 Å². The fourth-order valence-corrected chi connectivity index (χ4v) is 9.46. The molecular formula is C47H38N4O2S. The number of fused-ring (bicyclic) bond motifs is 1. The summed E-state index contributed by atoms with van der Waals surface area (Å²) >= 11 is 0. The average molecular weight is 723 g/mol. The van der Waals surface area contributed by atoms with E-state index in [0.717, 1.165) is 44.6 Å². The molecule has 7 heteroatoms. The lowest BCUT2D eigenvalue weighted by Gasteiger charge is -2.37. The summed E-state index contributed by atoms with van der Waals surface area (Å²) in [6.07, 6.45) is 7.01. The van der Waals surface area contributed by atoms with Crippen LogP contribution in [-0.2, 0) is 28.5 Å². The molecule has 1 aliphatic rings. The molecule has 6 nitrogen and oxygen atoms in total. The molecule has 7 aromatic rings. The Labute approximate surface area is 317 Å². The maximum atomic E-state index is 14.5. The summed E-state index contributed by atoms with van der Waals surface area (Å²) in [5.74, 6) is 0. The molecule has 0 amide bonds. The Hall–Kier alpha value is -6.33. The van der Waals surface area contributed by atoms with Gasteiger partial charge in [0.05, 0.1) is 28.5 Å². The van der Waals surface area contributed by atoms with Crippen molar-refractivity contribution in [3.63, 3.8) is 0 Å². The lowest BCUT2D eigenvalue weighted by Crippen LogP contribution is -2.40. The second kappa shape index (κ2) is 15.0. The number of hydrogen-bond donors (Lipinski definition) is 0. The first-order chi connectivity index (χ1) is 26.5. The van der Waals surface area contributed by atoms with Crippen molar-refractivity contribution < 1.29 is 8.42 Å². The van der Waals surface area contributed by atoms with Gasteiger partial charge in [-0.25, -0.2) is 13.4 Å². The van der Waals surface area contributed by atoms with E-state index < -0.39 is 21.6 Å². The molecule has 0 spiro atoms. The smallest absolute Gasteiger partial charge is 0.243 e. The number of rotatable bonds is 9. The normalized spacial score (nSPS) is 15.6. The second-order valence-electron chi connectivity index (χ2n) is 13.6. The summed E-state index contributed by atoms with van der Waals surface area (Å²) in [4.78, 5) is 5.26. The number of nitrogens with zero attached hydrogens (tertiary/aromatic N) is 4. The maximum Gasteiger partial charge on any atom is 0.243 e. The monoisotopic (exact) mass is 722 g/mol. The van der Waals surface area contributed by atoms with Crippen LogP contribution >= 0.6 is 0 Å². The van der Waals surface area contributed by atoms with Crippen LogP contribution in [0.15, 0.2) is 187 Å². The van der Waals surface area contributed by atoms with Gasteiger partial charge in [0.25, 0.3) is 0 Å². The van der Waals surface area contributed by atoms with Gasteiger partial charge in [0.15, 0.2) is 0 Å². The molecule has 0 aliphatic carbocycles. The molecular weight excluding hydrogens is 685 g/mol. The highest BCUT2D eigenvalue weighted by Crippen LogP contribution is 2.42. The third-order valence-electron chi connectivity index (χ3n) is 10.3. The zero-order chi connectivity index (χ0) is 37.0. The van der Waals surface area contributed by atoms with Crippen LogP contribution in [0.4, 0.5) is 0 Å². The summed E-state index contributed by atoms with van der Waals surface area (Å²) in [5, 5.41) is 9.91. The largest absolute Gasteiger partial charge is 0.318 e. The van der Waals surface area contributed by atoms with Crippen LogP contribution in [0, 0.1) is 11.3 Å². The van der Waals surface area contributed by atoms with Crippen molar-refractivity contribution in [3.05, 3.63) is 227 Å². The Morgan fingerprint density at radius 3 is 1.81 bits per heavy atom. The number of imidazole rings is 1. The van der Waals surface area contributed by atoms with Gasteiger partial charge in [-0.15, -0.1) is 0 Å². The van der Waals surface area contributed by atoms with Gasteiger partial charge in [0.2, 0.25) is 10.0 Å². The first-order valence-electron chi connectivity index (χ1n) is 18.0. The minimum absolute atomic E-state index is 0.129. The third kappa shape index (κ3) is 6.58. The van der Waals surface area contributed by atoms with Gasteiger partial charge in [-0.05, 0) is 82.1 Å². The standard InChI is InChI=1S/C47H38N4O2S/c48-32-37-26-27-46-38(31-44(29-36-16-6-1-7-17-36)51(33-39(46)28-37)54(52,53)45-24-14-5-15-25-45)30-43-34-50(35-49-43)47(40-18-8-2-9-19-40,41-20-10-3-11-21-41)42-22-12-4-13-23-42/h1-28,30,34-35,44H,29,31,33H2. The minimum Gasteiger partial charge on any atom is -0.318 e. The molecule has 0 saturated heterocycles. The molecule has 0 N–H and O–H groups in total. The topological polar surface area (TPSA) is 79.0 Å². The molecule has 6 aromatic carbocycles. The second-order valence-corrected chi connectivity index (χ2v) is 15.5. The molecule has 1 atom stereocenters. The van der Waals surface area contributed by atoms with E-state index in [9.17, 15) is 13.7 Å². The Morgan fingerprint density at radius 2 is 1.26 bits per heavy atom. The van der Waals surface area contributed by atoms with E-state index >= 15 is 0 Å². The summed E-state index contributed by atoms with van der Waals surface area (Å²) in [6.45, 7) is 0.129. The van der Waals surface area contributed by atoms with Crippen LogP contribution in [0.2, 0.25) is 0 Å². The highest BCUT2D eigenvalue weighted by Gasteiger charge is 2.39. The van der Waals surface area contributed by atoms with Gasteiger partial charge in [0.1, 0.15) is 5.54 Å². The number of benzene rings is 6. The van der Waals surface area contributed by atoms with E-state index in [0.29, 0.717) is 18.4 Å². The molecule has 0 fully saturated rings. The first-order valence-corrected chi connectivity index (χ1v) is 19.5. The van der Waals surface area contributed by atoms with Gasteiger partial charge < -0.3 is 4.57 Å². The van der Waals surface area contributed by atoms with Crippen molar-refractivity contribution in [2.45, 2.75) is 35.9 Å². The van der Waals surface area contributed by atoms with Crippen LogP contribution in [-0.4, -0.2) is 28.3 Å². The molecule has 54 heavy (non-hydrogen) atoms. The lowest BCUT2D eigenvalue weighted by molar-refractivity contribution is 0.318. The molecule has 2 heterocycles. The van der Waals surface area contributed by atoms with E-state index in [-0.39, 0.29) is 11.4 Å². The zero-order valence-corrected chi connectivity index (χ0v) is 30.4. The van der Waals surface area contributed by atoms with Crippen molar-refractivity contribution in [1.82, 2.24) is 13.9 Å². The van der Waals surface area contributed by atoms with E-state index in [1.165, 1.54) is 0 Å².